The number of benzene rings is 1. The van der Waals surface area contributed by atoms with E-state index < -0.39 is 11.6 Å². The molecule has 0 saturated carbocycles. The molecule has 0 radical (unpaired) electrons. The van der Waals surface area contributed by atoms with E-state index in [0.717, 1.165) is 22.7 Å². The maximum absolute atomic E-state index is 13.0. The first-order valence-electron chi connectivity index (χ1n) is 5.85. The minimum absolute atomic E-state index is 0.148. The standard InChI is InChI=1S/C14H12F2N2OS/c1-9-2-5-14(17-7-9)20-8-13(19)18-10-3-4-11(15)12(16)6-10/h2-7H,8H2,1H3,(H,18,19). The third-order valence-corrected chi connectivity index (χ3v) is 3.38. The van der Waals surface area contributed by atoms with Crippen molar-refractivity contribution in [2.75, 3.05) is 11.1 Å². The SMILES string of the molecule is Cc1ccc(SCC(=O)Nc2ccc(F)c(F)c2)nc1. The van der Waals surface area contributed by atoms with Crippen molar-refractivity contribution < 1.29 is 13.6 Å². The molecular weight excluding hydrogens is 282 g/mol. The Hall–Kier alpha value is -1.95. The fourth-order valence-electron chi connectivity index (χ4n) is 1.45. The van der Waals surface area contributed by atoms with Crippen LogP contribution in [0, 0.1) is 18.6 Å². The lowest BCUT2D eigenvalue weighted by Crippen LogP contribution is -2.14. The lowest BCUT2D eigenvalue weighted by Gasteiger charge is -2.05. The van der Waals surface area contributed by atoms with Crippen LogP contribution in [0.1, 0.15) is 5.56 Å². The number of anilines is 1. The van der Waals surface area contributed by atoms with Crippen LogP contribution in [-0.2, 0) is 4.79 Å². The number of rotatable bonds is 4. The first-order valence-corrected chi connectivity index (χ1v) is 6.83. The normalized spacial score (nSPS) is 10.3. The van der Waals surface area contributed by atoms with Gasteiger partial charge >= 0.3 is 0 Å². The van der Waals surface area contributed by atoms with Gasteiger partial charge < -0.3 is 5.32 Å². The van der Waals surface area contributed by atoms with E-state index in [1.165, 1.54) is 17.8 Å². The van der Waals surface area contributed by atoms with Gasteiger partial charge in [-0.3, -0.25) is 4.79 Å². The number of hydrogen-bond acceptors (Lipinski definition) is 3. The van der Waals surface area contributed by atoms with Crippen molar-refractivity contribution in [1.29, 1.82) is 0 Å². The van der Waals surface area contributed by atoms with Gasteiger partial charge in [0.25, 0.3) is 0 Å². The van der Waals surface area contributed by atoms with Crippen molar-refractivity contribution in [2.45, 2.75) is 11.9 Å². The first-order chi connectivity index (χ1) is 9.54. The third kappa shape index (κ3) is 4.03. The number of aromatic nitrogens is 1. The summed E-state index contributed by atoms with van der Waals surface area (Å²) in [6.07, 6.45) is 1.72. The Bertz CT molecular complexity index is 617. The van der Waals surface area contributed by atoms with E-state index in [2.05, 4.69) is 10.3 Å². The van der Waals surface area contributed by atoms with Crippen molar-refractivity contribution in [3.8, 4) is 0 Å². The smallest absolute Gasteiger partial charge is 0.234 e. The van der Waals surface area contributed by atoms with Crippen molar-refractivity contribution >= 4 is 23.4 Å². The number of nitrogens with one attached hydrogen (secondary N) is 1. The number of pyridine rings is 1. The van der Waals surface area contributed by atoms with Gasteiger partial charge in [0.05, 0.1) is 10.8 Å². The zero-order chi connectivity index (χ0) is 14.5. The van der Waals surface area contributed by atoms with Crippen LogP contribution in [0.2, 0.25) is 0 Å². The number of amides is 1. The molecule has 1 aromatic carbocycles. The van der Waals surface area contributed by atoms with Crippen molar-refractivity contribution in [3.05, 3.63) is 53.7 Å². The Balaban J connectivity index is 1.89. The number of halogens is 2. The van der Waals surface area contributed by atoms with Gasteiger partial charge in [-0.1, -0.05) is 17.8 Å². The molecule has 0 fully saturated rings. The van der Waals surface area contributed by atoms with Gasteiger partial charge in [-0.15, -0.1) is 0 Å². The van der Waals surface area contributed by atoms with Gasteiger partial charge in [0.2, 0.25) is 5.91 Å². The van der Waals surface area contributed by atoms with E-state index in [9.17, 15) is 13.6 Å². The van der Waals surface area contributed by atoms with Crippen molar-refractivity contribution in [1.82, 2.24) is 4.98 Å². The Labute approximate surface area is 119 Å². The molecule has 1 heterocycles. The highest BCUT2D eigenvalue weighted by Gasteiger charge is 2.07. The van der Waals surface area contributed by atoms with Crippen LogP contribution >= 0.6 is 11.8 Å². The van der Waals surface area contributed by atoms with Crippen molar-refractivity contribution in [2.24, 2.45) is 0 Å². The summed E-state index contributed by atoms with van der Waals surface area (Å²) in [5, 5.41) is 3.23. The quantitative estimate of drug-likeness (QED) is 0.879. The number of carbonyl (C=O) groups is 1. The second-order valence-corrected chi connectivity index (χ2v) is 5.14. The van der Waals surface area contributed by atoms with Gasteiger partial charge in [-0.2, -0.15) is 0 Å². The fourth-order valence-corrected chi connectivity index (χ4v) is 2.09. The Morgan fingerprint density at radius 1 is 1.25 bits per heavy atom. The highest BCUT2D eigenvalue weighted by atomic mass is 32.2. The second kappa shape index (κ2) is 6.47. The molecule has 6 heteroatoms. The monoisotopic (exact) mass is 294 g/mol. The Morgan fingerprint density at radius 3 is 2.70 bits per heavy atom. The van der Waals surface area contributed by atoms with Crippen LogP contribution in [0.5, 0.6) is 0 Å². The minimum atomic E-state index is -0.990. The maximum Gasteiger partial charge on any atom is 0.234 e. The number of nitrogens with zero attached hydrogens (tertiary/aromatic N) is 1. The van der Waals surface area contributed by atoms with Gasteiger partial charge in [0.15, 0.2) is 11.6 Å². The zero-order valence-corrected chi connectivity index (χ0v) is 11.5. The summed E-state index contributed by atoms with van der Waals surface area (Å²) < 4.78 is 25.7. The summed E-state index contributed by atoms with van der Waals surface area (Å²) in [6.45, 7) is 1.93. The van der Waals surface area contributed by atoms with Crippen molar-refractivity contribution in [3.63, 3.8) is 0 Å². The summed E-state index contributed by atoms with van der Waals surface area (Å²) >= 11 is 1.27. The number of thioether (sulfide) groups is 1. The van der Waals surface area contributed by atoms with Gasteiger partial charge in [-0.25, -0.2) is 13.8 Å². The summed E-state index contributed by atoms with van der Waals surface area (Å²) in [6, 6.07) is 6.96. The van der Waals surface area contributed by atoms with Crippen LogP contribution in [0.15, 0.2) is 41.6 Å². The Morgan fingerprint density at radius 2 is 2.05 bits per heavy atom. The third-order valence-electron chi connectivity index (χ3n) is 2.44. The molecule has 0 aliphatic heterocycles. The molecule has 1 aromatic heterocycles. The summed E-state index contributed by atoms with van der Waals surface area (Å²) in [4.78, 5) is 15.8. The molecule has 1 amide bonds. The lowest BCUT2D eigenvalue weighted by molar-refractivity contribution is -0.113. The average Bonchev–Trinajstić information content (AvgIpc) is 2.42. The van der Waals surface area contributed by atoms with Crippen LogP contribution in [0.3, 0.4) is 0 Å². The van der Waals surface area contributed by atoms with Crippen LogP contribution in [0.4, 0.5) is 14.5 Å². The molecule has 0 unspecified atom stereocenters. The zero-order valence-electron chi connectivity index (χ0n) is 10.7. The van der Waals surface area contributed by atoms with Crippen LogP contribution < -0.4 is 5.32 Å². The van der Waals surface area contributed by atoms with Gasteiger partial charge in [-0.05, 0) is 30.7 Å². The lowest BCUT2D eigenvalue weighted by atomic mass is 10.3. The van der Waals surface area contributed by atoms with E-state index in [4.69, 9.17) is 0 Å². The topological polar surface area (TPSA) is 42.0 Å². The number of aryl methyl sites for hydroxylation is 1. The molecule has 2 aromatic rings. The highest BCUT2D eigenvalue weighted by Crippen LogP contribution is 2.17. The molecule has 2 rings (SSSR count). The average molecular weight is 294 g/mol. The molecule has 0 saturated heterocycles. The molecular formula is C14H12F2N2OS. The van der Waals surface area contributed by atoms with E-state index in [-0.39, 0.29) is 17.3 Å². The molecule has 0 aliphatic carbocycles. The molecule has 0 atom stereocenters. The molecule has 0 aliphatic rings. The van der Waals surface area contributed by atoms with Gasteiger partial charge in [0.1, 0.15) is 0 Å². The fraction of sp³-hybridized carbons (Fsp3) is 0.143. The summed E-state index contributed by atoms with van der Waals surface area (Å²) in [5.74, 6) is -2.09. The molecule has 104 valence electrons. The van der Waals surface area contributed by atoms with E-state index in [1.807, 2.05) is 19.1 Å². The molecule has 0 bridgehead atoms. The summed E-state index contributed by atoms with van der Waals surface area (Å²) in [7, 11) is 0. The first kappa shape index (κ1) is 14.5. The number of carbonyl (C=O) groups excluding carboxylic acids is 1. The molecule has 3 nitrogen and oxygen atoms in total. The largest absolute Gasteiger partial charge is 0.325 e. The maximum atomic E-state index is 13.0. The van der Waals surface area contributed by atoms with Crippen LogP contribution in [-0.4, -0.2) is 16.6 Å². The summed E-state index contributed by atoms with van der Waals surface area (Å²) in [5.41, 5.74) is 1.27. The van der Waals surface area contributed by atoms with Crippen LogP contribution in [0.25, 0.3) is 0 Å². The highest BCUT2D eigenvalue weighted by molar-refractivity contribution is 7.99. The predicted molar refractivity (Wildman–Crippen MR) is 74.7 cm³/mol. The molecule has 0 spiro atoms. The predicted octanol–water partition coefficient (Wildman–Crippen LogP) is 3.40. The van der Waals surface area contributed by atoms with E-state index >= 15 is 0 Å². The van der Waals surface area contributed by atoms with E-state index in [0.29, 0.717) is 0 Å². The van der Waals surface area contributed by atoms with Gasteiger partial charge in [0, 0.05) is 18.0 Å². The second-order valence-electron chi connectivity index (χ2n) is 4.14. The Kier molecular flexibility index (Phi) is 4.68. The molecule has 20 heavy (non-hydrogen) atoms. The minimum Gasteiger partial charge on any atom is -0.325 e. The molecule has 1 N–H and O–H groups in total. The van der Waals surface area contributed by atoms with E-state index in [1.54, 1.807) is 6.20 Å². The number of hydrogen-bond donors (Lipinski definition) is 1.